The van der Waals surface area contributed by atoms with Crippen molar-refractivity contribution in [1.82, 2.24) is 9.97 Å². The van der Waals surface area contributed by atoms with E-state index in [1.165, 1.54) is 6.42 Å². The molecular formula is C16H24N2O3. The monoisotopic (exact) mass is 292 g/mol. The Morgan fingerprint density at radius 3 is 2.48 bits per heavy atom. The number of rotatable bonds is 4. The van der Waals surface area contributed by atoms with Crippen molar-refractivity contribution in [3.63, 3.8) is 0 Å². The fourth-order valence-corrected chi connectivity index (χ4v) is 3.41. The zero-order valence-corrected chi connectivity index (χ0v) is 13.3. The summed E-state index contributed by atoms with van der Waals surface area (Å²) in [6.07, 6.45) is 4.08. The highest BCUT2D eigenvalue weighted by molar-refractivity contribution is 5.89. The number of carboxylic acids is 1. The van der Waals surface area contributed by atoms with Gasteiger partial charge in [-0.15, -0.1) is 0 Å². The van der Waals surface area contributed by atoms with Gasteiger partial charge < -0.3 is 9.84 Å². The average Bonchev–Trinajstić information content (AvgIpc) is 2.37. The Labute approximate surface area is 125 Å². The molecule has 1 aliphatic carbocycles. The van der Waals surface area contributed by atoms with Gasteiger partial charge in [0.15, 0.2) is 5.82 Å². The van der Waals surface area contributed by atoms with Crippen LogP contribution < -0.4 is 0 Å². The minimum atomic E-state index is -0.973. The molecule has 0 radical (unpaired) electrons. The van der Waals surface area contributed by atoms with Crippen molar-refractivity contribution in [1.29, 1.82) is 0 Å². The Hall–Kier alpha value is -1.49. The first-order chi connectivity index (χ1) is 9.89. The van der Waals surface area contributed by atoms with Crippen molar-refractivity contribution < 1.29 is 14.6 Å². The fraction of sp³-hybridized carbons (Fsp3) is 0.688. The lowest BCUT2D eigenvalue weighted by Gasteiger charge is -2.38. The maximum absolute atomic E-state index is 11.3. The van der Waals surface area contributed by atoms with Crippen molar-refractivity contribution in [2.24, 2.45) is 5.92 Å². The third kappa shape index (κ3) is 3.07. The minimum Gasteiger partial charge on any atom is -0.478 e. The molecule has 0 aromatic carbocycles. The number of aromatic carboxylic acids is 1. The molecule has 1 heterocycles. The first kappa shape index (κ1) is 15.9. The maximum atomic E-state index is 11.3. The lowest BCUT2D eigenvalue weighted by Crippen LogP contribution is -2.37. The molecule has 0 spiro atoms. The number of hydrogen-bond acceptors (Lipinski definition) is 4. The number of carbonyl (C=O) groups is 1. The lowest BCUT2D eigenvalue weighted by molar-refractivity contribution is -0.0883. The van der Waals surface area contributed by atoms with Gasteiger partial charge in [0.2, 0.25) is 0 Å². The summed E-state index contributed by atoms with van der Waals surface area (Å²) in [5.41, 5.74) is 0.776. The molecule has 1 saturated carbocycles. The summed E-state index contributed by atoms with van der Waals surface area (Å²) in [6, 6.07) is 0. The van der Waals surface area contributed by atoms with E-state index in [2.05, 4.69) is 16.9 Å². The van der Waals surface area contributed by atoms with Crippen molar-refractivity contribution in [2.45, 2.75) is 59.0 Å². The summed E-state index contributed by atoms with van der Waals surface area (Å²) >= 11 is 0. The van der Waals surface area contributed by atoms with Gasteiger partial charge >= 0.3 is 5.97 Å². The topological polar surface area (TPSA) is 72.3 Å². The van der Waals surface area contributed by atoms with Crippen LogP contribution >= 0.6 is 0 Å². The van der Waals surface area contributed by atoms with Crippen molar-refractivity contribution >= 4 is 5.97 Å². The molecule has 1 aliphatic rings. The van der Waals surface area contributed by atoms with E-state index in [1.807, 2.05) is 6.92 Å². The van der Waals surface area contributed by atoms with Gasteiger partial charge in [0.05, 0.1) is 11.4 Å². The highest BCUT2D eigenvalue weighted by Crippen LogP contribution is 2.41. The van der Waals surface area contributed by atoms with E-state index in [0.29, 0.717) is 29.7 Å². The Balaban J connectivity index is 2.48. The maximum Gasteiger partial charge on any atom is 0.339 e. The SMILES string of the molecule is CCOC1(c2nc(C)c(C(=O)O)c(C)n2)CCCC(C)C1. The average molecular weight is 292 g/mol. The fourth-order valence-electron chi connectivity index (χ4n) is 3.41. The third-order valence-electron chi connectivity index (χ3n) is 4.27. The zero-order valence-electron chi connectivity index (χ0n) is 13.3. The molecular weight excluding hydrogens is 268 g/mol. The van der Waals surface area contributed by atoms with E-state index in [0.717, 1.165) is 19.3 Å². The molecule has 21 heavy (non-hydrogen) atoms. The van der Waals surface area contributed by atoms with E-state index < -0.39 is 11.6 Å². The van der Waals surface area contributed by atoms with Crippen LogP contribution in [0, 0.1) is 19.8 Å². The van der Waals surface area contributed by atoms with Gasteiger partial charge in [-0.05, 0) is 46.0 Å². The van der Waals surface area contributed by atoms with Crippen LogP contribution in [-0.4, -0.2) is 27.7 Å². The standard InChI is InChI=1S/C16H24N2O3/c1-5-21-16(8-6-7-10(2)9-16)15-17-11(3)13(14(19)20)12(4)18-15/h10H,5-9H2,1-4H3,(H,19,20). The largest absolute Gasteiger partial charge is 0.478 e. The number of carboxylic acid groups (broad SMARTS) is 1. The molecule has 0 aliphatic heterocycles. The Bertz CT molecular complexity index is 517. The van der Waals surface area contributed by atoms with E-state index >= 15 is 0 Å². The van der Waals surface area contributed by atoms with Crippen molar-refractivity contribution in [2.75, 3.05) is 6.61 Å². The van der Waals surface area contributed by atoms with Crippen LogP contribution in [0.2, 0.25) is 0 Å². The smallest absolute Gasteiger partial charge is 0.339 e. The minimum absolute atomic E-state index is 0.203. The van der Waals surface area contributed by atoms with Crippen LogP contribution in [0.3, 0.4) is 0 Å². The Kier molecular flexibility index (Phi) is 4.61. The summed E-state index contributed by atoms with van der Waals surface area (Å²) in [5, 5.41) is 9.25. The Morgan fingerprint density at radius 2 is 2.00 bits per heavy atom. The lowest BCUT2D eigenvalue weighted by atomic mass is 9.78. The summed E-state index contributed by atoms with van der Waals surface area (Å²) in [6.45, 7) is 8.26. The van der Waals surface area contributed by atoms with Gasteiger partial charge in [-0.3, -0.25) is 0 Å². The first-order valence-corrected chi connectivity index (χ1v) is 7.62. The van der Waals surface area contributed by atoms with E-state index in [1.54, 1.807) is 13.8 Å². The molecule has 116 valence electrons. The number of hydrogen-bond donors (Lipinski definition) is 1. The first-order valence-electron chi connectivity index (χ1n) is 7.62. The van der Waals surface area contributed by atoms with Gasteiger partial charge in [-0.1, -0.05) is 13.3 Å². The molecule has 2 unspecified atom stereocenters. The molecule has 1 aromatic heterocycles. The molecule has 5 heteroatoms. The van der Waals surface area contributed by atoms with Crippen molar-refractivity contribution in [3.05, 3.63) is 22.8 Å². The van der Waals surface area contributed by atoms with Crippen LogP contribution in [0.4, 0.5) is 0 Å². The van der Waals surface area contributed by atoms with Crippen molar-refractivity contribution in [3.8, 4) is 0 Å². The molecule has 0 amide bonds. The molecule has 0 saturated heterocycles. The number of aryl methyl sites for hydroxylation is 2. The van der Waals surface area contributed by atoms with Crippen LogP contribution in [0.1, 0.15) is 67.1 Å². The molecule has 1 fully saturated rings. The number of ether oxygens (including phenoxy) is 1. The van der Waals surface area contributed by atoms with E-state index in [4.69, 9.17) is 4.74 Å². The van der Waals surface area contributed by atoms with Gasteiger partial charge in [0, 0.05) is 6.61 Å². The van der Waals surface area contributed by atoms with Crippen LogP contribution in [0.25, 0.3) is 0 Å². The number of aromatic nitrogens is 2. The summed E-state index contributed by atoms with van der Waals surface area (Å²) in [7, 11) is 0. The van der Waals surface area contributed by atoms with Crippen LogP contribution in [0.5, 0.6) is 0 Å². The second-order valence-corrected chi connectivity index (χ2v) is 6.03. The summed E-state index contributed by atoms with van der Waals surface area (Å²) in [4.78, 5) is 20.3. The predicted octanol–water partition coefficient (Wildman–Crippen LogP) is 3.23. The van der Waals surface area contributed by atoms with Gasteiger partial charge in [-0.25, -0.2) is 14.8 Å². The molecule has 1 aromatic rings. The summed E-state index contributed by atoms with van der Waals surface area (Å²) in [5.74, 6) is 0.239. The van der Waals surface area contributed by atoms with Gasteiger partial charge in [-0.2, -0.15) is 0 Å². The van der Waals surface area contributed by atoms with E-state index in [-0.39, 0.29) is 5.56 Å². The van der Waals surface area contributed by atoms with Gasteiger partial charge in [0.1, 0.15) is 11.2 Å². The summed E-state index contributed by atoms with van der Waals surface area (Å²) < 4.78 is 6.06. The van der Waals surface area contributed by atoms with Crippen LogP contribution in [0.15, 0.2) is 0 Å². The second-order valence-electron chi connectivity index (χ2n) is 6.03. The molecule has 5 nitrogen and oxygen atoms in total. The normalized spacial score (nSPS) is 25.8. The number of nitrogens with zero attached hydrogens (tertiary/aromatic N) is 2. The second kappa shape index (κ2) is 6.10. The molecule has 1 N–H and O–H groups in total. The predicted molar refractivity (Wildman–Crippen MR) is 79.4 cm³/mol. The molecule has 2 atom stereocenters. The van der Waals surface area contributed by atoms with Crippen LogP contribution in [-0.2, 0) is 10.3 Å². The molecule has 0 bridgehead atoms. The highest BCUT2D eigenvalue weighted by Gasteiger charge is 2.40. The molecule has 2 rings (SSSR count). The van der Waals surface area contributed by atoms with E-state index in [9.17, 15) is 9.90 Å². The quantitative estimate of drug-likeness (QED) is 0.922. The highest BCUT2D eigenvalue weighted by atomic mass is 16.5. The Morgan fingerprint density at radius 1 is 1.38 bits per heavy atom. The third-order valence-corrected chi connectivity index (χ3v) is 4.27. The zero-order chi connectivity index (χ0) is 15.6. The van der Waals surface area contributed by atoms with Gasteiger partial charge in [0.25, 0.3) is 0 Å².